The van der Waals surface area contributed by atoms with Crippen molar-refractivity contribution in [2.24, 2.45) is 0 Å². The second-order valence-corrected chi connectivity index (χ2v) is 5.81. The van der Waals surface area contributed by atoms with Crippen LogP contribution in [0.3, 0.4) is 0 Å². The number of amides is 1. The molecular weight excluding hydrogens is 251 g/mol. The smallest absolute Gasteiger partial charge is 0.307 e. The number of likely N-dealkylation sites (tertiary alicyclic amines) is 1. The lowest BCUT2D eigenvalue weighted by molar-refractivity contribution is -0.127. The van der Waals surface area contributed by atoms with E-state index in [0.717, 1.165) is 0 Å². The van der Waals surface area contributed by atoms with Gasteiger partial charge in [-0.2, -0.15) is 8.42 Å². The van der Waals surface area contributed by atoms with Gasteiger partial charge in [0.05, 0.1) is 6.10 Å². The fraction of sp³-hybridized carbons (Fsp3) is 0.889. The predicted octanol–water partition coefficient (Wildman–Crippen LogP) is -1.14. The molecule has 0 bridgehead atoms. The third-order valence-electron chi connectivity index (χ3n) is 2.58. The van der Waals surface area contributed by atoms with Gasteiger partial charge in [-0.25, -0.2) is 0 Å². The SMILES string of the molecule is CC(O)CNCCN1CC(S(=O)(=O)F)CC1=O. The third-order valence-corrected chi connectivity index (χ3v) is 3.69. The summed E-state index contributed by atoms with van der Waals surface area (Å²) in [5.74, 6) is -0.352. The number of aliphatic hydroxyl groups is 1. The Morgan fingerprint density at radius 2 is 2.29 bits per heavy atom. The summed E-state index contributed by atoms with van der Waals surface area (Å²) in [6.07, 6.45) is -0.766. The lowest BCUT2D eigenvalue weighted by atomic mass is 10.4. The zero-order chi connectivity index (χ0) is 13.1. The van der Waals surface area contributed by atoms with E-state index in [4.69, 9.17) is 5.11 Å². The maximum Gasteiger partial charge on any atom is 0.307 e. The van der Waals surface area contributed by atoms with Gasteiger partial charge in [0.1, 0.15) is 5.25 Å². The van der Waals surface area contributed by atoms with Crippen LogP contribution in [0.4, 0.5) is 3.89 Å². The van der Waals surface area contributed by atoms with Crippen molar-refractivity contribution < 1.29 is 22.2 Å². The molecule has 1 aliphatic rings. The lowest BCUT2D eigenvalue weighted by Crippen LogP contribution is -2.36. The normalized spacial score (nSPS) is 23.1. The van der Waals surface area contributed by atoms with E-state index >= 15 is 0 Å². The second-order valence-electron chi connectivity index (χ2n) is 4.19. The van der Waals surface area contributed by atoms with Crippen LogP contribution in [-0.2, 0) is 15.0 Å². The average molecular weight is 268 g/mol. The molecule has 8 heteroatoms. The van der Waals surface area contributed by atoms with Crippen molar-refractivity contribution in [1.82, 2.24) is 10.2 Å². The van der Waals surface area contributed by atoms with Crippen molar-refractivity contribution >= 4 is 16.1 Å². The summed E-state index contributed by atoms with van der Waals surface area (Å²) < 4.78 is 34.0. The first-order valence-electron chi connectivity index (χ1n) is 5.40. The minimum atomic E-state index is -4.64. The van der Waals surface area contributed by atoms with Gasteiger partial charge in [-0.15, -0.1) is 3.89 Å². The molecule has 0 aromatic rings. The number of nitrogens with zero attached hydrogens (tertiary/aromatic N) is 1. The molecule has 0 aliphatic carbocycles. The van der Waals surface area contributed by atoms with Gasteiger partial charge < -0.3 is 15.3 Å². The van der Waals surface area contributed by atoms with Crippen molar-refractivity contribution in [3.63, 3.8) is 0 Å². The van der Waals surface area contributed by atoms with Crippen LogP contribution in [0, 0.1) is 0 Å². The molecule has 1 saturated heterocycles. The highest BCUT2D eigenvalue weighted by Crippen LogP contribution is 2.18. The first kappa shape index (κ1) is 14.3. The highest BCUT2D eigenvalue weighted by Gasteiger charge is 2.37. The zero-order valence-corrected chi connectivity index (χ0v) is 10.4. The van der Waals surface area contributed by atoms with Gasteiger partial charge >= 0.3 is 10.2 Å². The van der Waals surface area contributed by atoms with Gasteiger partial charge in [0, 0.05) is 32.6 Å². The van der Waals surface area contributed by atoms with Crippen LogP contribution in [0.25, 0.3) is 0 Å². The number of aliphatic hydroxyl groups excluding tert-OH is 1. The van der Waals surface area contributed by atoms with E-state index in [9.17, 15) is 17.1 Å². The van der Waals surface area contributed by atoms with Crippen LogP contribution < -0.4 is 5.32 Å². The maximum atomic E-state index is 12.7. The fourth-order valence-electron chi connectivity index (χ4n) is 1.67. The third kappa shape index (κ3) is 4.57. The molecular formula is C9H17FN2O4S. The molecule has 0 radical (unpaired) electrons. The fourth-order valence-corrected chi connectivity index (χ4v) is 2.37. The Morgan fingerprint density at radius 3 is 2.76 bits per heavy atom. The Hall–Kier alpha value is -0.730. The van der Waals surface area contributed by atoms with Crippen molar-refractivity contribution in [3.8, 4) is 0 Å². The molecule has 0 aromatic heterocycles. The Balaban J connectivity index is 2.34. The van der Waals surface area contributed by atoms with E-state index in [2.05, 4.69) is 5.32 Å². The van der Waals surface area contributed by atoms with Gasteiger partial charge in [0.25, 0.3) is 0 Å². The van der Waals surface area contributed by atoms with Crippen molar-refractivity contribution in [2.75, 3.05) is 26.2 Å². The number of hydrogen-bond acceptors (Lipinski definition) is 5. The monoisotopic (exact) mass is 268 g/mol. The Morgan fingerprint density at radius 1 is 1.65 bits per heavy atom. The molecule has 100 valence electrons. The molecule has 0 saturated carbocycles. The molecule has 1 fully saturated rings. The first-order valence-corrected chi connectivity index (χ1v) is 6.85. The highest BCUT2D eigenvalue weighted by atomic mass is 32.3. The second kappa shape index (κ2) is 5.74. The van der Waals surface area contributed by atoms with Crippen molar-refractivity contribution in [2.45, 2.75) is 24.7 Å². The highest BCUT2D eigenvalue weighted by molar-refractivity contribution is 7.87. The number of halogens is 1. The Labute approximate surface area is 100 Å². The largest absolute Gasteiger partial charge is 0.392 e. The molecule has 1 aliphatic heterocycles. The molecule has 17 heavy (non-hydrogen) atoms. The van der Waals surface area contributed by atoms with Gasteiger partial charge in [-0.05, 0) is 6.92 Å². The van der Waals surface area contributed by atoms with Gasteiger partial charge in [0.15, 0.2) is 0 Å². The molecule has 1 amide bonds. The summed E-state index contributed by atoms with van der Waals surface area (Å²) in [7, 11) is -4.64. The quantitative estimate of drug-likeness (QED) is 0.469. The van der Waals surface area contributed by atoms with Crippen LogP contribution in [0.1, 0.15) is 13.3 Å². The van der Waals surface area contributed by atoms with E-state index in [0.29, 0.717) is 19.6 Å². The van der Waals surface area contributed by atoms with Crippen LogP contribution in [-0.4, -0.2) is 61.9 Å². The number of rotatable bonds is 6. The van der Waals surface area contributed by atoms with Crippen LogP contribution in [0.15, 0.2) is 0 Å². The predicted molar refractivity (Wildman–Crippen MR) is 59.6 cm³/mol. The minimum absolute atomic E-state index is 0.0893. The number of nitrogens with one attached hydrogen (secondary N) is 1. The zero-order valence-electron chi connectivity index (χ0n) is 9.60. The van der Waals surface area contributed by atoms with Gasteiger partial charge in [-0.3, -0.25) is 4.79 Å². The molecule has 2 atom stereocenters. The van der Waals surface area contributed by atoms with Gasteiger partial charge in [0.2, 0.25) is 5.91 Å². The maximum absolute atomic E-state index is 12.7. The standard InChI is InChI=1S/C9H17FN2O4S/c1-7(13)5-11-2-3-12-6-8(4-9(12)14)17(10,15)16/h7-8,11,13H,2-6H2,1H3. The summed E-state index contributed by atoms with van der Waals surface area (Å²) in [5, 5.41) is 10.6. The van der Waals surface area contributed by atoms with E-state index in [-0.39, 0.29) is 18.9 Å². The molecule has 2 N–H and O–H groups in total. The van der Waals surface area contributed by atoms with Crippen LogP contribution >= 0.6 is 0 Å². The topological polar surface area (TPSA) is 86.7 Å². The lowest BCUT2D eigenvalue weighted by Gasteiger charge is -2.16. The van der Waals surface area contributed by atoms with E-state index < -0.39 is 21.6 Å². The molecule has 6 nitrogen and oxygen atoms in total. The average Bonchev–Trinajstić information content (AvgIpc) is 2.54. The Bertz CT molecular complexity index is 371. The summed E-state index contributed by atoms with van der Waals surface area (Å²) in [4.78, 5) is 12.7. The molecule has 1 heterocycles. The molecule has 0 spiro atoms. The molecule has 1 rings (SSSR count). The van der Waals surface area contributed by atoms with E-state index in [1.165, 1.54) is 4.90 Å². The Kier molecular flexibility index (Phi) is 4.84. The van der Waals surface area contributed by atoms with Crippen molar-refractivity contribution in [1.29, 1.82) is 0 Å². The summed E-state index contributed by atoms with van der Waals surface area (Å²) in [6, 6.07) is 0. The van der Waals surface area contributed by atoms with E-state index in [1.807, 2.05) is 0 Å². The minimum Gasteiger partial charge on any atom is -0.392 e. The summed E-state index contributed by atoms with van der Waals surface area (Å²) in [5.41, 5.74) is 0. The first-order chi connectivity index (χ1) is 7.80. The van der Waals surface area contributed by atoms with Crippen molar-refractivity contribution in [3.05, 3.63) is 0 Å². The number of hydrogen-bond donors (Lipinski definition) is 2. The van der Waals surface area contributed by atoms with Gasteiger partial charge in [-0.1, -0.05) is 0 Å². The van der Waals surface area contributed by atoms with E-state index in [1.54, 1.807) is 6.92 Å². The van der Waals surface area contributed by atoms with Crippen LogP contribution in [0.5, 0.6) is 0 Å². The number of carbonyl (C=O) groups is 1. The molecule has 2 unspecified atom stereocenters. The summed E-state index contributed by atoms with van der Waals surface area (Å²) >= 11 is 0. The van der Waals surface area contributed by atoms with Crippen LogP contribution in [0.2, 0.25) is 0 Å². The number of carbonyl (C=O) groups excluding carboxylic acids is 1. The summed E-state index contributed by atoms with van der Waals surface area (Å²) in [6.45, 7) is 2.69. The molecule has 0 aromatic carbocycles.